The van der Waals surface area contributed by atoms with Gasteiger partial charge < -0.3 is 11.1 Å². The fraction of sp³-hybridized carbons (Fsp3) is 0.0769. The molecule has 2 rings (SSSR count). The van der Waals surface area contributed by atoms with Crippen LogP contribution in [0.15, 0.2) is 42.6 Å². The molecular formula is C13H12N4O3. The Bertz CT molecular complexity index is 600. The van der Waals surface area contributed by atoms with Crippen LogP contribution in [0.25, 0.3) is 0 Å². The van der Waals surface area contributed by atoms with Gasteiger partial charge in [-0.3, -0.25) is 19.9 Å². The molecule has 0 fully saturated rings. The number of benzene rings is 1. The topological polar surface area (TPSA) is 111 Å². The normalized spacial score (nSPS) is 10.0. The van der Waals surface area contributed by atoms with Crippen molar-refractivity contribution in [2.75, 3.05) is 5.32 Å². The van der Waals surface area contributed by atoms with E-state index in [1.807, 2.05) is 0 Å². The van der Waals surface area contributed by atoms with Crippen LogP contribution in [0, 0.1) is 10.1 Å². The van der Waals surface area contributed by atoms with Gasteiger partial charge in [0.15, 0.2) is 0 Å². The average Bonchev–Trinajstić information content (AvgIpc) is 2.45. The molecule has 0 saturated carbocycles. The standard InChI is InChI=1S/C13H12N4O3/c14-13(18)12-7-10(4-5-15-12)16-8-9-2-1-3-11(6-9)17(19)20/h1-7H,8H2,(H2,14,18)(H,15,16). The van der Waals surface area contributed by atoms with E-state index in [0.717, 1.165) is 5.56 Å². The first-order chi connectivity index (χ1) is 9.56. The van der Waals surface area contributed by atoms with E-state index in [1.54, 1.807) is 18.2 Å². The van der Waals surface area contributed by atoms with Crippen molar-refractivity contribution >= 4 is 17.3 Å². The monoisotopic (exact) mass is 272 g/mol. The third-order valence-electron chi connectivity index (χ3n) is 2.63. The van der Waals surface area contributed by atoms with Crippen LogP contribution in [0.5, 0.6) is 0 Å². The van der Waals surface area contributed by atoms with Gasteiger partial charge in [0.1, 0.15) is 5.69 Å². The maximum atomic E-state index is 11.0. The van der Waals surface area contributed by atoms with Crippen LogP contribution >= 0.6 is 0 Å². The predicted octanol–water partition coefficient (Wildman–Crippen LogP) is 1.70. The van der Waals surface area contributed by atoms with E-state index in [1.165, 1.54) is 24.4 Å². The summed E-state index contributed by atoms with van der Waals surface area (Å²) in [7, 11) is 0. The molecular weight excluding hydrogens is 260 g/mol. The van der Waals surface area contributed by atoms with Crippen LogP contribution in [0.1, 0.15) is 16.1 Å². The summed E-state index contributed by atoms with van der Waals surface area (Å²) in [5.41, 5.74) is 6.77. The Kier molecular flexibility index (Phi) is 3.90. The largest absolute Gasteiger partial charge is 0.381 e. The van der Waals surface area contributed by atoms with Crippen molar-refractivity contribution < 1.29 is 9.72 Å². The summed E-state index contributed by atoms with van der Waals surface area (Å²) in [6.45, 7) is 0.393. The van der Waals surface area contributed by atoms with E-state index >= 15 is 0 Å². The zero-order valence-electron chi connectivity index (χ0n) is 10.4. The maximum Gasteiger partial charge on any atom is 0.269 e. The smallest absolute Gasteiger partial charge is 0.269 e. The van der Waals surface area contributed by atoms with Gasteiger partial charge in [-0.05, 0) is 17.7 Å². The lowest BCUT2D eigenvalue weighted by Gasteiger charge is -2.07. The summed E-state index contributed by atoms with van der Waals surface area (Å²) in [5, 5.41) is 13.7. The van der Waals surface area contributed by atoms with Gasteiger partial charge in [0.2, 0.25) is 0 Å². The summed E-state index contributed by atoms with van der Waals surface area (Å²) in [5.74, 6) is -0.607. The lowest BCUT2D eigenvalue weighted by molar-refractivity contribution is -0.384. The van der Waals surface area contributed by atoms with Gasteiger partial charge >= 0.3 is 0 Å². The van der Waals surface area contributed by atoms with Gasteiger partial charge in [-0.2, -0.15) is 0 Å². The van der Waals surface area contributed by atoms with Crippen molar-refractivity contribution in [3.05, 3.63) is 64.0 Å². The number of nitrogens with zero attached hydrogens (tertiary/aromatic N) is 2. The molecule has 102 valence electrons. The minimum Gasteiger partial charge on any atom is -0.381 e. The number of carbonyl (C=O) groups excluding carboxylic acids is 1. The highest BCUT2D eigenvalue weighted by Crippen LogP contribution is 2.15. The van der Waals surface area contributed by atoms with Crippen LogP contribution < -0.4 is 11.1 Å². The molecule has 7 heteroatoms. The van der Waals surface area contributed by atoms with Crippen LogP contribution in [0.2, 0.25) is 0 Å². The van der Waals surface area contributed by atoms with Crippen LogP contribution in [-0.4, -0.2) is 15.8 Å². The van der Waals surface area contributed by atoms with E-state index in [4.69, 9.17) is 5.73 Å². The van der Waals surface area contributed by atoms with Crippen molar-refractivity contribution in [1.82, 2.24) is 4.98 Å². The first-order valence-corrected chi connectivity index (χ1v) is 5.79. The van der Waals surface area contributed by atoms with Crippen molar-refractivity contribution in [3.8, 4) is 0 Å². The summed E-state index contributed by atoms with van der Waals surface area (Å²) >= 11 is 0. The Morgan fingerprint density at radius 2 is 2.15 bits per heavy atom. The number of nitro groups is 1. The van der Waals surface area contributed by atoms with Crippen LogP contribution in [0.3, 0.4) is 0 Å². The van der Waals surface area contributed by atoms with Crippen molar-refractivity contribution in [1.29, 1.82) is 0 Å². The number of nitrogens with one attached hydrogen (secondary N) is 1. The molecule has 20 heavy (non-hydrogen) atoms. The van der Waals surface area contributed by atoms with E-state index in [0.29, 0.717) is 12.2 Å². The number of aromatic nitrogens is 1. The number of primary amides is 1. The molecule has 0 saturated heterocycles. The molecule has 0 spiro atoms. The summed E-state index contributed by atoms with van der Waals surface area (Å²) in [6.07, 6.45) is 1.47. The number of amides is 1. The molecule has 0 radical (unpaired) electrons. The molecule has 1 aromatic heterocycles. The number of rotatable bonds is 5. The third kappa shape index (κ3) is 3.29. The molecule has 0 aliphatic rings. The molecule has 0 atom stereocenters. The second-order valence-corrected chi connectivity index (χ2v) is 4.07. The van der Waals surface area contributed by atoms with Gasteiger partial charge in [-0.15, -0.1) is 0 Å². The Labute approximate surface area is 114 Å². The van der Waals surface area contributed by atoms with Crippen molar-refractivity contribution in [2.45, 2.75) is 6.54 Å². The van der Waals surface area contributed by atoms with Gasteiger partial charge in [0.25, 0.3) is 11.6 Å². The van der Waals surface area contributed by atoms with E-state index < -0.39 is 10.8 Å². The summed E-state index contributed by atoms with van der Waals surface area (Å²) in [4.78, 5) is 25.1. The van der Waals surface area contributed by atoms with Crippen LogP contribution in [0.4, 0.5) is 11.4 Å². The molecule has 1 amide bonds. The number of carbonyl (C=O) groups is 1. The number of anilines is 1. The Morgan fingerprint density at radius 3 is 2.85 bits per heavy atom. The fourth-order valence-corrected chi connectivity index (χ4v) is 1.66. The second kappa shape index (κ2) is 5.79. The molecule has 1 heterocycles. The van der Waals surface area contributed by atoms with E-state index in [-0.39, 0.29) is 11.4 Å². The SMILES string of the molecule is NC(=O)c1cc(NCc2cccc([N+](=O)[O-])c2)ccn1. The Balaban J connectivity index is 2.08. The van der Waals surface area contributed by atoms with E-state index in [2.05, 4.69) is 10.3 Å². The number of pyridine rings is 1. The molecule has 0 aliphatic heterocycles. The van der Waals surface area contributed by atoms with Gasteiger partial charge in [-0.25, -0.2) is 0 Å². The maximum absolute atomic E-state index is 11.0. The van der Waals surface area contributed by atoms with Gasteiger partial charge in [0.05, 0.1) is 4.92 Å². The second-order valence-electron chi connectivity index (χ2n) is 4.07. The minimum absolute atomic E-state index is 0.0388. The molecule has 7 nitrogen and oxygen atoms in total. The molecule has 0 unspecified atom stereocenters. The first-order valence-electron chi connectivity index (χ1n) is 5.79. The number of nitrogens with two attached hydrogens (primary N) is 1. The number of nitro benzene ring substituents is 1. The number of hydrogen-bond acceptors (Lipinski definition) is 5. The molecule has 0 bridgehead atoms. The Hall–Kier alpha value is -2.96. The van der Waals surface area contributed by atoms with Gasteiger partial charge in [0, 0.05) is 30.6 Å². The third-order valence-corrected chi connectivity index (χ3v) is 2.63. The minimum atomic E-state index is -0.607. The summed E-state index contributed by atoms with van der Waals surface area (Å²) in [6, 6.07) is 9.53. The average molecular weight is 272 g/mol. The highest BCUT2D eigenvalue weighted by Gasteiger charge is 2.06. The van der Waals surface area contributed by atoms with Crippen molar-refractivity contribution in [3.63, 3.8) is 0 Å². The first kappa shape index (κ1) is 13.5. The highest BCUT2D eigenvalue weighted by atomic mass is 16.6. The fourth-order valence-electron chi connectivity index (χ4n) is 1.66. The number of hydrogen-bond donors (Lipinski definition) is 2. The Morgan fingerprint density at radius 1 is 1.35 bits per heavy atom. The molecule has 2 aromatic rings. The summed E-state index contributed by atoms with van der Waals surface area (Å²) < 4.78 is 0. The molecule has 3 N–H and O–H groups in total. The van der Waals surface area contributed by atoms with E-state index in [9.17, 15) is 14.9 Å². The lowest BCUT2D eigenvalue weighted by atomic mass is 10.2. The van der Waals surface area contributed by atoms with Gasteiger partial charge in [-0.1, -0.05) is 12.1 Å². The zero-order valence-corrected chi connectivity index (χ0v) is 10.4. The molecule has 1 aromatic carbocycles. The predicted molar refractivity (Wildman–Crippen MR) is 73.2 cm³/mol. The molecule has 0 aliphatic carbocycles. The van der Waals surface area contributed by atoms with Crippen LogP contribution in [-0.2, 0) is 6.54 Å². The highest BCUT2D eigenvalue weighted by molar-refractivity contribution is 5.91. The lowest BCUT2D eigenvalue weighted by Crippen LogP contribution is -2.13. The number of non-ortho nitro benzene ring substituents is 1. The van der Waals surface area contributed by atoms with Crippen molar-refractivity contribution in [2.24, 2.45) is 5.73 Å². The zero-order chi connectivity index (χ0) is 14.5. The quantitative estimate of drug-likeness (QED) is 0.635.